The molecule has 1 aliphatic rings. The van der Waals surface area contributed by atoms with Crippen LogP contribution in [0.2, 0.25) is 0 Å². The first-order valence-electron chi connectivity index (χ1n) is 12.6. The Bertz CT molecular complexity index is 1080. The van der Waals surface area contributed by atoms with Crippen molar-refractivity contribution in [3.8, 4) is 11.3 Å². The number of carbonyl (C=O) groups is 2. The standard InChI is InChI=1S/C27H37F2N5O2/c1-16(2)25(35)15-30-23(12-18(4)34-11-7-6-8-17(34)3)27(36)32-19(5)26-31-14-24(33-26)21-10-9-20(28)13-22(21)29/h9-10,13-14,16-17,19,23,30H,4,6-8,11-12,15H2,1-3,5H3,(H,31,33)(H,32,36)/t17-,19-,23-/m0/s1. The van der Waals surface area contributed by atoms with Crippen molar-refractivity contribution in [3.63, 3.8) is 0 Å². The average Bonchev–Trinajstić information content (AvgIpc) is 3.31. The maximum absolute atomic E-state index is 14.2. The summed E-state index contributed by atoms with van der Waals surface area (Å²) in [6.45, 7) is 12.8. The molecule has 0 saturated carbocycles. The Morgan fingerprint density at radius 3 is 2.67 bits per heavy atom. The van der Waals surface area contributed by atoms with Crippen LogP contribution in [0.4, 0.5) is 8.78 Å². The number of hydrogen-bond donors (Lipinski definition) is 3. The molecule has 1 aliphatic heterocycles. The third-order valence-corrected chi connectivity index (χ3v) is 6.72. The van der Waals surface area contributed by atoms with Crippen LogP contribution in [-0.2, 0) is 9.59 Å². The number of benzene rings is 1. The van der Waals surface area contributed by atoms with Crippen LogP contribution in [0.3, 0.4) is 0 Å². The van der Waals surface area contributed by atoms with Crippen molar-refractivity contribution in [1.82, 2.24) is 25.5 Å². The third kappa shape index (κ3) is 7.00. The van der Waals surface area contributed by atoms with Gasteiger partial charge >= 0.3 is 0 Å². The molecule has 2 heterocycles. The number of aromatic amines is 1. The minimum Gasteiger partial charge on any atom is -0.373 e. The molecule has 1 fully saturated rings. The molecule has 2 aromatic rings. The molecule has 0 unspecified atom stereocenters. The Hall–Kier alpha value is -3.07. The van der Waals surface area contributed by atoms with Crippen molar-refractivity contribution in [2.24, 2.45) is 5.92 Å². The van der Waals surface area contributed by atoms with Crippen molar-refractivity contribution in [2.45, 2.75) is 71.5 Å². The summed E-state index contributed by atoms with van der Waals surface area (Å²) in [4.78, 5) is 35.1. The number of amides is 1. The lowest BCUT2D eigenvalue weighted by molar-refractivity contribution is -0.124. The van der Waals surface area contributed by atoms with E-state index in [0.717, 1.165) is 31.1 Å². The second-order valence-electron chi connectivity index (χ2n) is 9.90. The molecule has 1 aromatic heterocycles. The van der Waals surface area contributed by atoms with Crippen molar-refractivity contribution >= 4 is 11.7 Å². The largest absolute Gasteiger partial charge is 0.373 e. The van der Waals surface area contributed by atoms with Crippen LogP contribution in [0, 0.1) is 17.6 Å². The molecule has 1 amide bonds. The first kappa shape index (κ1) is 27.5. The quantitative estimate of drug-likeness (QED) is 0.422. The Kier molecular flexibility index (Phi) is 9.37. The van der Waals surface area contributed by atoms with E-state index >= 15 is 0 Å². The lowest BCUT2D eigenvalue weighted by Crippen LogP contribution is -2.48. The van der Waals surface area contributed by atoms with Crippen LogP contribution in [0.25, 0.3) is 11.3 Å². The second kappa shape index (κ2) is 12.3. The van der Waals surface area contributed by atoms with Gasteiger partial charge in [0, 0.05) is 42.3 Å². The highest BCUT2D eigenvalue weighted by molar-refractivity contribution is 5.85. The van der Waals surface area contributed by atoms with E-state index < -0.39 is 23.7 Å². The van der Waals surface area contributed by atoms with Gasteiger partial charge in [0.2, 0.25) is 5.91 Å². The molecule has 1 aromatic carbocycles. The molecule has 7 nitrogen and oxygen atoms in total. The topological polar surface area (TPSA) is 90.1 Å². The Morgan fingerprint density at radius 1 is 1.25 bits per heavy atom. The molecule has 0 radical (unpaired) electrons. The lowest BCUT2D eigenvalue weighted by atomic mass is 10.0. The van der Waals surface area contributed by atoms with E-state index in [2.05, 4.69) is 39.0 Å². The summed E-state index contributed by atoms with van der Waals surface area (Å²) < 4.78 is 27.4. The minimum absolute atomic E-state index is 0.0230. The van der Waals surface area contributed by atoms with Gasteiger partial charge in [0.15, 0.2) is 0 Å². The van der Waals surface area contributed by atoms with E-state index in [4.69, 9.17) is 0 Å². The first-order chi connectivity index (χ1) is 17.1. The van der Waals surface area contributed by atoms with Crippen LogP contribution in [0.15, 0.2) is 36.7 Å². The zero-order chi connectivity index (χ0) is 26.4. The van der Waals surface area contributed by atoms with Gasteiger partial charge in [0.25, 0.3) is 0 Å². The van der Waals surface area contributed by atoms with E-state index in [1.807, 2.05) is 13.8 Å². The number of halogens is 2. The van der Waals surface area contributed by atoms with E-state index in [9.17, 15) is 18.4 Å². The molecule has 0 spiro atoms. The highest BCUT2D eigenvalue weighted by atomic mass is 19.1. The number of ketones is 1. The fourth-order valence-corrected chi connectivity index (χ4v) is 4.39. The van der Waals surface area contributed by atoms with E-state index in [1.165, 1.54) is 24.8 Å². The Labute approximate surface area is 211 Å². The minimum atomic E-state index is -0.702. The maximum atomic E-state index is 14.2. The number of hydrogen-bond acceptors (Lipinski definition) is 5. The van der Waals surface area contributed by atoms with Crippen LogP contribution < -0.4 is 10.6 Å². The summed E-state index contributed by atoms with van der Waals surface area (Å²) in [5, 5.41) is 6.06. The number of nitrogens with one attached hydrogen (secondary N) is 3. The highest BCUT2D eigenvalue weighted by Crippen LogP contribution is 2.25. The summed E-state index contributed by atoms with van der Waals surface area (Å²) in [6.07, 6.45) is 5.18. The maximum Gasteiger partial charge on any atom is 0.238 e. The molecule has 3 atom stereocenters. The van der Waals surface area contributed by atoms with Crippen LogP contribution in [0.1, 0.15) is 65.2 Å². The van der Waals surface area contributed by atoms with E-state index in [1.54, 1.807) is 6.92 Å². The number of carbonyl (C=O) groups excluding carboxylic acids is 2. The number of likely N-dealkylation sites (tertiary alicyclic amines) is 1. The number of H-pyrrole nitrogens is 1. The van der Waals surface area contributed by atoms with Gasteiger partial charge in [-0.3, -0.25) is 14.9 Å². The molecule has 1 saturated heterocycles. The Morgan fingerprint density at radius 2 is 2.00 bits per heavy atom. The van der Waals surface area contributed by atoms with Crippen LogP contribution >= 0.6 is 0 Å². The van der Waals surface area contributed by atoms with Gasteiger partial charge in [0.1, 0.15) is 23.2 Å². The molecule has 3 rings (SSSR count). The normalized spacial score (nSPS) is 17.6. The summed E-state index contributed by atoms with van der Waals surface area (Å²) in [5.74, 6) is -1.33. The van der Waals surface area contributed by atoms with Gasteiger partial charge in [-0.1, -0.05) is 20.4 Å². The lowest BCUT2D eigenvalue weighted by Gasteiger charge is -2.37. The molecule has 9 heteroatoms. The molecule has 196 valence electrons. The van der Waals surface area contributed by atoms with Crippen molar-refractivity contribution in [2.75, 3.05) is 13.1 Å². The molecule has 0 aliphatic carbocycles. The van der Waals surface area contributed by atoms with E-state index in [0.29, 0.717) is 24.0 Å². The smallest absolute Gasteiger partial charge is 0.238 e. The molecule has 0 bridgehead atoms. The predicted molar refractivity (Wildman–Crippen MR) is 136 cm³/mol. The van der Waals surface area contributed by atoms with Crippen LogP contribution in [0.5, 0.6) is 0 Å². The monoisotopic (exact) mass is 501 g/mol. The zero-order valence-corrected chi connectivity index (χ0v) is 21.5. The van der Waals surface area contributed by atoms with Crippen LogP contribution in [-0.4, -0.2) is 51.7 Å². The number of nitrogens with zero attached hydrogens (tertiary/aromatic N) is 2. The van der Waals surface area contributed by atoms with Gasteiger partial charge in [-0.25, -0.2) is 13.8 Å². The fraction of sp³-hybridized carbons (Fsp3) is 0.519. The summed E-state index contributed by atoms with van der Waals surface area (Å²) >= 11 is 0. The molecule has 3 N–H and O–H groups in total. The van der Waals surface area contributed by atoms with Crippen molar-refractivity contribution < 1.29 is 18.4 Å². The average molecular weight is 502 g/mol. The summed E-state index contributed by atoms with van der Waals surface area (Å²) in [7, 11) is 0. The van der Waals surface area contributed by atoms with Gasteiger partial charge in [-0.05, 0) is 45.2 Å². The SMILES string of the molecule is C=C(C[C@H](NCC(=O)C(C)C)C(=O)N[C@@H](C)c1ncc(-c2ccc(F)cc2F)[nH]1)N1CCCC[C@@H]1C. The predicted octanol–water partition coefficient (Wildman–Crippen LogP) is 4.49. The molecular weight excluding hydrogens is 464 g/mol. The van der Waals surface area contributed by atoms with E-state index in [-0.39, 0.29) is 29.7 Å². The second-order valence-corrected chi connectivity index (χ2v) is 9.90. The third-order valence-electron chi connectivity index (χ3n) is 6.72. The molecular formula is C27H37F2N5O2. The fourth-order valence-electron chi connectivity index (χ4n) is 4.39. The van der Waals surface area contributed by atoms with Crippen molar-refractivity contribution in [3.05, 3.63) is 54.1 Å². The number of rotatable bonds is 11. The number of Topliss-reactive ketones (excluding diaryl/α,β-unsaturated/α-hetero) is 1. The zero-order valence-electron chi connectivity index (χ0n) is 21.5. The van der Waals surface area contributed by atoms with Gasteiger partial charge in [-0.15, -0.1) is 0 Å². The molecule has 36 heavy (non-hydrogen) atoms. The van der Waals surface area contributed by atoms with Gasteiger partial charge < -0.3 is 15.2 Å². The summed E-state index contributed by atoms with van der Waals surface area (Å²) in [6, 6.07) is 2.52. The first-order valence-corrected chi connectivity index (χ1v) is 12.6. The number of aromatic nitrogens is 2. The summed E-state index contributed by atoms with van der Waals surface area (Å²) in [5.41, 5.74) is 1.44. The Balaban J connectivity index is 1.70. The highest BCUT2D eigenvalue weighted by Gasteiger charge is 2.27. The number of imidazole rings is 1. The van der Waals surface area contributed by atoms with Gasteiger partial charge in [-0.2, -0.15) is 0 Å². The van der Waals surface area contributed by atoms with Gasteiger partial charge in [0.05, 0.1) is 30.5 Å². The number of piperidine rings is 1. The van der Waals surface area contributed by atoms with Crippen molar-refractivity contribution in [1.29, 1.82) is 0 Å².